The van der Waals surface area contributed by atoms with Gasteiger partial charge in [0.1, 0.15) is 6.04 Å². The number of pyridine rings is 1. The lowest BCUT2D eigenvalue weighted by Crippen LogP contribution is -2.46. The number of nitrogens with one attached hydrogen (secondary N) is 4. The lowest BCUT2D eigenvalue weighted by Gasteiger charge is -2.28. The summed E-state index contributed by atoms with van der Waals surface area (Å²) in [5.41, 5.74) is 9.39. The number of nitrogens with zero attached hydrogens (tertiary/aromatic N) is 1. The molecule has 6 N–H and O–H groups in total. The van der Waals surface area contributed by atoms with E-state index in [0.717, 1.165) is 17.1 Å². The molecule has 4 rings (SSSR count). The number of allylic oxidation sites excluding steroid dienone is 1. The van der Waals surface area contributed by atoms with Crippen LogP contribution in [0.1, 0.15) is 24.2 Å². The van der Waals surface area contributed by atoms with Crippen molar-refractivity contribution in [3.63, 3.8) is 0 Å². The van der Waals surface area contributed by atoms with Crippen LogP contribution in [-0.4, -0.2) is 23.1 Å². The van der Waals surface area contributed by atoms with Crippen molar-refractivity contribution in [2.45, 2.75) is 13.0 Å². The van der Waals surface area contributed by atoms with Crippen molar-refractivity contribution < 1.29 is 9.59 Å². The first-order valence-electron chi connectivity index (χ1n) is 9.31. The van der Waals surface area contributed by atoms with Crippen molar-refractivity contribution in [1.29, 1.82) is 5.41 Å². The topological polar surface area (TPSA) is 133 Å². The Balaban J connectivity index is 1.71. The van der Waals surface area contributed by atoms with E-state index in [0.29, 0.717) is 33.9 Å². The molecule has 0 fully saturated rings. The summed E-state index contributed by atoms with van der Waals surface area (Å²) in [5, 5.41) is 16.7. The molecule has 8 nitrogen and oxygen atoms in total. The summed E-state index contributed by atoms with van der Waals surface area (Å²) < 4.78 is 0. The minimum Gasteiger partial charge on any atom is -0.398 e. The number of hydrogen-bond donors (Lipinski definition) is 5. The second-order valence-corrected chi connectivity index (χ2v) is 6.94. The van der Waals surface area contributed by atoms with Gasteiger partial charge in [0.05, 0.1) is 16.8 Å². The van der Waals surface area contributed by atoms with Gasteiger partial charge in [0.25, 0.3) is 5.91 Å². The molecule has 150 valence electrons. The Morgan fingerprint density at radius 3 is 2.80 bits per heavy atom. The standard InChI is InChI=1S/C22H20N6O2/c1-12-19(21(29)26-15-7-8-16(24)14(10-15)11-23)20(28-22(30)25-12)18-9-6-13-4-2-3-5-17(13)27-18/h2-11,20,23H,24H2,1H3,(H,26,29)(H2,25,28,30). The van der Waals surface area contributed by atoms with Crippen LogP contribution in [0.15, 0.2) is 65.9 Å². The molecular weight excluding hydrogens is 380 g/mol. The van der Waals surface area contributed by atoms with Crippen LogP contribution < -0.4 is 21.7 Å². The molecule has 2 aromatic carbocycles. The maximum Gasteiger partial charge on any atom is 0.319 e. The van der Waals surface area contributed by atoms with Gasteiger partial charge in [-0.25, -0.2) is 4.79 Å². The molecule has 0 radical (unpaired) electrons. The molecule has 3 amide bonds. The fourth-order valence-electron chi connectivity index (χ4n) is 3.44. The van der Waals surface area contributed by atoms with Gasteiger partial charge in [0.2, 0.25) is 0 Å². The van der Waals surface area contributed by atoms with E-state index in [2.05, 4.69) is 20.9 Å². The number of para-hydroxylation sites is 1. The van der Waals surface area contributed by atoms with Gasteiger partial charge in [0, 0.05) is 34.2 Å². The predicted molar refractivity (Wildman–Crippen MR) is 116 cm³/mol. The molecule has 1 unspecified atom stereocenters. The number of nitrogens with two attached hydrogens (primary N) is 1. The summed E-state index contributed by atoms with van der Waals surface area (Å²) in [5.74, 6) is -0.388. The Morgan fingerprint density at radius 1 is 1.20 bits per heavy atom. The number of benzene rings is 2. The van der Waals surface area contributed by atoms with E-state index in [9.17, 15) is 9.59 Å². The molecule has 3 aromatic rings. The summed E-state index contributed by atoms with van der Waals surface area (Å²) in [7, 11) is 0. The third-order valence-electron chi connectivity index (χ3n) is 4.93. The Labute approximate surface area is 172 Å². The summed E-state index contributed by atoms with van der Waals surface area (Å²) in [6, 6.07) is 15.1. The van der Waals surface area contributed by atoms with E-state index in [4.69, 9.17) is 11.1 Å². The van der Waals surface area contributed by atoms with Crippen LogP contribution in [0.4, 0.5) is 16.2 Å². The van der Waals surface area contributed by atoms with Gasteiger partial charge in [-0.15, -0.1) is 0 Å². The van der Waals surface area contributed by atoms with Crippen LogP contribution in [-0.2, 0) is 4.79 Å². The van der Waals surface area contributed by atoms with Crippen LogP contribution in [0.5, 0.6) is 0 Å². The Bertz CT molecular complexity index is 1220. The lowest BCUT2D eigenvalue weighted by molar-refractivity contribution is -0.113. The molecule has 2 heterocycles. The van der Waals surface area contributed by atoms with Gasteiger partial charge in [-0.05, 0) is 37.3 Å². The molecule has 30 heavy (non-hydrogen) atoms. The van der Waals surface area contributed by atoms with Gasteiger partial charge >= 0.3 is 6.03 Å². The van der Waals surface area contributed by atoms with Crippen LogP contribution in [0.25, 0.3) is 10.9 Å². The zero-order valence-electron chi connectivity index (χ0n) is 16.2. The minimum absolute atomic E-state index is 0.352. The summed E-state index contributed by atoms with van der Waals surface area (Å²) in [4.78, 5) is 29.9. The third kappa shape index (κ3) is 3.58. The lowest BCUT2D eigenvalue weighted by atomic mass is 9.97. The van der Waals surface area contributed by atoms with Crippen molar-refractivity contribution in [3.05, 3.63) is 77.1 Å². The molecule has 1 aliphatic heterocycles. The predicted octanol–water partition coefficient (Wildman–Crippen LogP) is 3.08. The van der Waals surface area contributed by atoms with E-state index >= 15 is 0 Å². The Kier molecular flexibility index (Phi) is 4.89. The summed E-state index contributed by atoms with van der Waals surface area (Å²) >= 11 is 0. The number of aromatic nitrogens is 1. The van der Waals surface area contributed by atoms with Gasteiger partial charge in [-0.3, -0.25) is 9.78 Å². The zero-order valence-corrected chi connectivity index (χ0v) is 16.2. The normalized spacial score (nSPS) is 16.0. The highest BCUT2D eigenvalue weighted by Gasteiger charge is 2.32. The molecule has 0 saturated carbocycles. The minimum atomic E-state index is -0.709. The smallest absolute Gasteiger partial charge is 0.319 e. The van der Waals surface area contributed by atoms with Crippen molar-refractivity contribution >= 4 is 40.4 Å². The van der Waals surface area contributed by atoms with Crippen molar-refractivity contribution in [3.8, 4) is 0 Å². The average Bonchev–Trinajstić information content (AvgIpc) is 2.74. The molecule has 1 atom stereocenters. The molecule has 0 bridgehead atoms. The molecular formula is C22H20N6O2. The quantitative estimate of drug-likeness (QED) is 0.340. The van der Waals surface area contributed by atoms with Crippen LogP contribution in [0, 0.1) is 5.41 Å². The van der Waals surface area contributed by atoms with Crippen LogP contribution >= 0.6 is 0 Å². The maximum absolute atomic E-state index is 13.1. The van der Waals surface area contributed by atoms with Gasteiger partial charge < -0.3 is 27.1 Å². The number of urea groups is 1. The summed E-state index contributed by atoms with van der Waals surface area (Å²) in [6.07, 6.45) is 1.12. The first kappa shape index (κ1) is 19.1. The first-order chi connectivity index (χ1) is 14.5. The highest BCUT2D eigenvalue weighted by Crippen LogP contribution is 2.28. The van der Waals surface area contributed by atoms with Gasteiger partial charge in [-0.1, -0.05) is 24.3 Å². The third-order valence-corrected chi connectivity index (χ3v) is 4.93. The van der Waals surface area contributed by atoms with E-state index in [1.807, 2.05) is 30.3 Å². The molecule has 0 spiro atoms. The first-order valence-corrected chi connectivity index (χ1v) is 9.31. The molecule has 0 aliphatic carbocycles. The zero-order chi connectivity index (χ0) is 21.3. The number of amides is 3. The van der Waals surface area contributed by atoms with E-state index in [1.54, 1.807) is 31.2 Å². The van der Waals surface area contributed by atoms with Crippen LogP contribution in [0.3, 0.4) is 0 Å². The number of carbonyl (C=O) groups excluding carboxylic acids is 2. The number of nitrogen functional groups attached to an aromatic ring is 1. The Morgan fingerprint density at radius 2 is 2.00 bits per heavy atom. The number of carbonyl (C=O) groups is 2. The number of anilines is 2. The average molecular weight is 400 g/mol. The maximum atomic E-state index is 13.1. The molecule has 0 saturated heterocycles. The molecule has 8 heteroatoms. The monoisotopic (exact) mass is 400 g/mol. The Hall–Kier alpha value is -4.20. The second kappa shape index (κ2) is 7.67. The van der Waals surface area contributed by atoms with Gasteiger partial charge in [0.15, 0.2) is 0 Å². The van der Waals surface area contributed by atoms with Crippen molar-refractivity contribution in [2.75, 3.05) is 11.1 Å². The highest BCUT2D eigenvalue weighted by atomic mass is 16.2. The number of rotatable bonds is 4. The fourth-order valence-corrected chi connectivity index (χ4v) is 3.44. The van der Waals surface area contributed by atoms with E-state index < -0.39 is 12.1 Å². The van der Waals surface area contributed by atoms with Crippen molar-refractivity contribution in [2.24, 2.45) is 0 Å². The van der Waals surface area contributed by atoms with E-state index in [-0.39, 0.29) is 5.91 Å². The van der Waals surface area contributed by atoms with E-state index in [1.165, 1.54) is 0 Å². The largest absolute Gasteiger partial charge is 0.398 e. The second-order valence-electron chi connectivity index (χ2n) is 6.94. The van der Waals surface area contributed by atoms with Gasteiger partial charge in [-0.2, -0.15) is 0 Å². The fraction of sp³-hybridized carbons (Fsp3) is 0.0909. The van der Waals surface area contributed by atoms with Crippen LogP contribution in [0.2, 0.25) is 0 Å². The molecule has 1 aromatic heterocycles. The molecule has 1 aliphatic rings. The SMILES string of the molecule is CC1=C(C(=O)Nc2ccc(N)c(C=N)c2)C(c2ccc3ccccc3n2)NC(=O)N1. The summed E-state index contributed by atoms with van der Waals surface area (Å²) in [6.45, 7) is 1.67. The number of hydrogen-bond acceptors (Lipinski definition) is 5. The number of fused-ring (bicyclic) bond motifs is 1. The highest BCUT2D eigenvalue weighted by molar-refractivity contribution is 6.07. The van der Waals surface area contributed by atoms with Crippen molar-refractivity contribution in [1.82, 2.24) is 15.6 Å².